The molecule has 3 N–H and O–H groups in total. The number of thiazole rings is 1. The van der Waals surface area contributed by atoms with Gasteiger partial charge in [0.1, 0.15) is 5.01 Å². The van der Waals surface area contributed by atoms with Gasteiger partial charge in [0.2, 0.25) is 0 Å². The number of nitrogens with zero attached hydrogens (tertiary/aromatic N) is 2. The van der Waals surface area contributed by atoms with E-state index in [1.807, 2.05) is 31.2 Å². The van der Waals surface area contributed by atoms with Gasteiger partial charge in [-0.2, -0.15) is 0 Å². The number of carbonyl (C=O) groups excluding carboxylic acids is 1. The van der Waals surface area contributed by atoms with E-state index in [9.17, 15) is 4.79 Å². The van der Waals surface area contributed by atoms with Gasteiger partial charge in [-0.3, -0.25) is 9.79 Å². The van der Waals surface area contributed by atoms with E-state index in [1.165, 1.54) is 4.88 Å². The van der Waals surface area contributed by atoms with Crippen LogP contribution in [-0.4, -0.2) is 30.9 Å². The van der Waals surface area contributed by atoms with Crippen molar-refractivity contribution >= 4 is 47.2 Å². The van der Waals surface area contributed by atoms with Gasteiger partial charge in [-0.1, -0.05) is 12.1 Å². The Bertz CT molecular complexity index is 708. The fourth-order valence-electron chi connectivity index (χ4n) is 2.10. The summed E-state index contributed by atoms with van der Waals surface area (Å²) in [6.45, 7) is 5.37. The first-order chi connectivity index (χ1) is 11.5. The monoisotopic (exact) mass is 473 g/mol. The third-order valence-electron chi connectivity index (χ3n) is 3.61. The van der Waals surface area contributed by atoms with Crippen LogP contribution in [0.4, 0.5) is 0 Å². The topological polar surface area (TPSA) is 78.4 Å². The van der Waals surface area contributed by atoms with E-state index in [0.29, 0.717) is 18.7 Å². The van der Waals surface area contributed by atoms with Crippen molar-refractivity contribution in [3.05, 3.63) is 51.0 Å². The maximum atomic E-state index is 11.5. The van der Waals surface area contributed by atoms with Crippen LogP contribution < -0.4 is 16.0 Å². The van der Waals surface area contributed by atoms with Crippen molar-refractivity contribution in [2.75, 3.05) is 14.1 Å². The Morgan fingerprint density at radius 2 is 1.80 bits per heavy atom. The Hall–Kier alpha value is -1.68. The average molecular weight is 473 g/mol. The molecule has 0 radical (unpaired) electrons. The lowest BCUT2D eigenvalue weighted by atomic mass is 10.1. The van der Waals surface area contributed by atoms with Crippen LogP contribution in [0.3, 0.4) is 0 Å². The third kappa shape index (κ3) is 6.28. The molecule has 1 aromatic carbocycles. The van der Waals surface area contributed by atoms with Crippen LogP contribution >= 0.6 is 35.3 Å². The van der Waals surface area contributed by atoms with E-state index in [4.69, 9.17) is 0 Å². The van der Waals surface area contributed by atoms with E-state index in [-0.39, 0.29) is 29.9 Å². The van der Waals surface area contributed by atoms with Crippen molar-refractivity contribution in [2.24, 2.45) is 4.99 Å². The lowest BCUT2D eigenvalue weighted by Gasteiger charge is -2.11. The van der Waals surface area contributed by atoms with E-state index in [2.05, 4.69) is 32.9 Å². The number of halogens is 1. The molecule has 0 spiro atoms. The molecule has 25 heavy (non-hydrogen) atoms. The standard InChI is InChI=1S/C17H23N5OS.HI/c1-11-12(2)24-15(22-11)10-21-17(19-4)20-9-13-5-7-14(8-6-13)16(23)18-3;/h5-8H,9-10H2,1-4H3,(H,18,23)(H2,19,20,21);1H. The Labute approximate surface area is 169 Å². The summed E-state index contributed by atoms with van der Waals surface area (Å²) in [5.41, 5.74) is 2.81. The first-order valence-corrected chi connectivity index (χ1v) is 8.53. The van der Waals surface area contributed by atoms with Crippen LogP contribution in [0.2, 0.25) is 0 Å². The molecular weight excluding hydrogens is 449 g/mol. The summed E-state index contributed by atoms with van der Waals surface area (Å²) in [6, 6.07) is 7.48. The molecule has 1 heterocycles. The van der Waals surface area contributed by atoms with Crippen molar-refractivity contribution in [3.63, 3.8) is 0 Å². The Morgan fingerprint density at radius 3 is 2.32 bits per heavy atom. The summed E-state index contributed by atoms with van der Waals surface area (Å²) < 4.78 is 0. The van der Waals surface area contributed by atoms with E-state index in [1.54, 1.807) is 25.4 Å². The molecule has 8 heteroatoms. The summed E-state index contributed by atoms with van der Waals surface area (Å²) in [5, 5.41) is 10.2. The quantitative estimate of drug-likeness (QED) is 0.355. The van der Waals surface area contributed by atoms with Crippen molar-refractivity contribution in [1.29, 1.82) is 0 Å². The molecule has 6 nitrogen and oxygen atoms in total. The van der Waals surface area contributed by atoms with Crippen LogP contribution in [-0.2, 0) is 13.1 Å². The number of aryl methyl sites for hydroxylation is 2. The third-order valence-corrected chi connectivity index (χ3v) is 4.68. The highest BCUT2D eigenvalue weighted by Crippen LogP contribution is 2.15. The van der Waals surface area contributed by atoms with Gasteiger partial charge in [-0.05, 0) is 31.5 Å². The first kappa shape index (κ1) is 21.4. The number of carbonyl (C=O) groups is 1. The molecule has 2 aromatic rings. The number of benzene rings is 1. The first-order valence-electron chi connectivity index (χ1n) is 7.72. The number of aliphatic imine (C=N–C) groups is 1. The second kappa shape index (κ2) is 10.3. The normalized spacial score (nSPS) is 10.8. The van der Waals surface area contributed by atoms with E-state index in [0.717, 1.165) is 22.2 Å². The minimum atomic E-state index is -0.0824. The average Bonchev–Trinajstić information content (AvgIpc) is 2.93. The molecule has 0 atom stereocenters. The number of amides is 1. The number of aromatic nitrogens is 1. The molecule has 0 aliphatic rings. The second-order valence-electron chi connectivity index (χ2n) is 5.30. The zero-order valence-electron chi connectivity index (χ0n) is 14.8. The number of rotatable bonds is 5. The largest absolute Gasteiger partial charge is 0.355 e. The highest BCUT2D eigenvalue weighted by molar-refractivity contribution is 14.0. The molecule has 0 saturated heterocycles. The van der Waals surface area contributed by atoms with Crippen molar-refractivity contribution in [1.82, 2.24) is 20.9 Å². The van der Waals surface area contributed by atoms with E-state index < -0.39 is 0 Å². The zero-order chi connectivity index (χ0) is 17.5. The fourth-order valence-corrected chi connectivity index (χ4v) is 2.97. The van der Waals surface area contributed by atoms with Crippen molar-refractivity contribution in [3.8, 4) is 0 Å². The molecule has 136 valence electrons. The minimum Gasteiger partial charge on any atom is -0.355 e. The molecule has 0 aliphatic carbocycles. The van der Waals surface area contributed by atoms with E-state index >= 15 is 0 Å². The molecular formula is C17H24IN5OS. The van der Waals surface area contributed by atoms with Gasteiger partial charge >= 0.3 is 0 Å². The van der Waals surface area contributed by atoms with Gasteiger partial charge in [0.25, 0.3) is 5.91 Å². The van der Waals surface area contributed by atoms with Gasteiger partial charge in [-0.15, -0.1) is 35.3 Å². The van der Waals surface area contributed by atoms with Crippen LogP contribution in [0, 0.1) is 13.8 Å². The van der Waals surface area contributed by atoms with Crippen LogP contribution in [0.1, 0.15) is 31.5 Å². The smallest absolute Gasteiger partial charge is 0.251 e. The Balaban J connectivity index is 0.00000312. The summed E-state index contributed by atoms with van der Waals surface area (Å²) in [5.74, 6) is 0.636. The summed E-state index contributed by atoms with van der Waals surface area (Å²) in [4.78, 5) is 21.5. The highest BCUT2D eigenvalue weighted by Gasteiger charge is 2.06. The fraction of sp³-hybridized carbons (Fsp3) is 0.353. The molecule has 0 aliphatic heterocycles. The van der Waals surface area contributed by atoms with Crippen LogP contribution in [0.15, 0.2) is 29.3 Å². The number of hydrogen-bond acceptors (Lipinski definition) is 4. The maximum Gasteiger partial charge on any atom is 0.251 e. The van der Waals surface area contributed by atoms with Gasteiger partial charge in [-0.25, -0.2) is 4.98 Å². The van der Waals surface area contributed by atoms with Crippen molar-refractivity contribution < 1.29 is 4.79 Å². The molecule has 0 saturated carbocycles. The lowest BCUT2D eigenvalue weighted by Crippen LogP contribution is -2.36. The lowest BCUT2D eigenvalue weighted by molar-refractivity contribution is 0.0963. The Morgan fingerprint density at radius 1 is 1.16 bits per heavy atom. The SMILES string of the molecule is CN=C(NCc1ccc(C(=O)NC)cc1)NCc1nc(C)c(C)s1.I. The van der Waals surface area contributed by atoms with Gasteiger partial charge in [0.15, 0.2) is 5.96 Å². The van der Waals surface area contributed by atoms with Crippen LogP contribution in [0.5, 0.6) is 0 Å². The van der Waals surface area contributed by atoms with Gasteiger partial charge in [0.05, 0.1) is 12.2 Å². The summed E-state index contributed by atoms with van der Waals surface area (Å²) in [6.07, 6.45) is 0. The summed E-state index contributed by atoms with van der Waals surface area (Å²) >= 11 is 1.69. The molecule has 1 aromatic heterocycles. The minimum absolute atomic E-state index is 0. The number of guanidine groups is 1. The highest BCUT2D eigenvalue weighted by atomic mass is 127. The number of nitrogens with one attached hydrogen (secondary N) is 3. The predicted octanol–water partition coefficient (Wildman–Crippen LogP) is 2.60. The molecule has 0 fully saturated rings. The molecule has 1 amide bonds. The second-order valence-corrected chi connectivity index (χ2v) is 6.59. The maximum absolute atomic E-state index is 11.5. The Kier molecular flexibility index (Phi) is 8.84. The van der Waals surface area contributed by atoms with Gasteiger partial charge in [0, 0.05) is 31.1 Å². The van der Waals surface area contributed by atoms with Gasteiger partial charge < -0.3 is 16.0 Å². The number of hydrogen-bond donors (Lipinski definition) is 3. The zero-order valence-corrected chi connectivity index (χ0v) is 18.0. The predicted molar refractivity (Wildman–Crippen MR) is 114 cm³/mol. The molecule has 0 bridgehead atoms. The van der Waals surface area contributed by atoms with Crippen LogP contribution in [0.25, 0.3) is 0 Å². The summed E-state index contributed by atoms with van der Waals surface area (Å²) in [7, 11) is 3.36. The molecule has 0 unspecified atom stereocenters. The molecule has 2 rings (SSSR count). The van der Waals surface area contributed by atoms with Crippen molar-refractivity contribution in [2.45, 2.75) is 26.9 Å².